The fraction of sp³-hybridized carbons (Fsp3) is 0.588. The smallest absolute Gasteiger partial charge is 0.335 e. The van der Waals surface area contributed by atoms with Gasteiger partial charge in [0.05, 0.1) is 5.56 Å². The minimum atomic E-state index is -0.921. The van der Waals surface area contributed by atoms with E-state index in [1.807, 2.05) is 0 Å². The van der Waals surface area contributed by atoms with Gasteiger partial charge in [-0.25, -0.2) is 4.79 Å². The molecule has 0 unspecified atom stereocenters. The summed E-state index contributed by atoms with van der Waals surface area (Å²) < 4.78 is 5.69. The number of likely N-dealkylation sites (tertiary alicyclic amines) is 1. The SMILES string of the molecule is CCC1(CC)CCN(CCOc2cccc(C(=O)O)c2)C1. The van der Waals surface area contributed by atoms with Gasteiger partial charge in [-0.3, -0.25) is 4.90 Å². The molecule has 1 aromatic rings. The van der Waals surface area contributed by atoms with E-state index in [9.17, 15) is 4.79 Å². The first-order valence-electron chi connectivity index (χ1n) is 7.77. The predicted octanol–water partition coefficient (Wildman–Crippen LogP) is 3.28. The summed E-state index contributed by atoms with van der Waals surface area (Å²) >= 11 is 0. The lowest BCUT2D eigenvalue weighted by Gasteiger charge is -2.26. The summed E-state index contributed by atoms with van der Waals surface area (Å²) in [6, 6.07) is 6.67. The number of hydrogen-bond acceptors (Lipinski definition) is 3. The van der Waals surface area contributed by atoms with Gasteiger partial charge in [-0.15, -0.1) is 0 Å². The van der Waals surface area contributed by atoms with Gasteiger partial charge in [-0.2, -0.15) is 0 Å². The van der Waals surface area contributed by atoms with Gasteiger partial charge in [0, 0.05) is 13.1 Å². The Morgan fingerprint density at radius 2 is 2.14 bits per heavy atom. The summed E-state index contributed by atoms with van der Waals surface area (Å²) in [5.41, 5.74) is 0.758. The number of carboxylic acid groups (broad SMARTS) is 1. The lowest BCUT2D eigenvalue weighted by atomic mass is 9.82. The molecule has 1 heterocycles. The molecular weight excluding hydrogens is 266 g/mol. The molecule has 0 bridgehead atoms. The Labute approximate surface area is 126 Å². The summed E-state index contributed by atoms with van der Waals surface area (Å²) in [5, 5.41) is 8.96. The van der Waals surface area contributed by atoms with Crippen LogP contribution in [0, 0.1) is 5.41 Å². The zero-order valence-electron chi connectivity index (χ0n) is 13.0. The average molecular weight is 291 g/mol. The number of rotatable bonds is 7. The fourth-order valence-electron chi connectivity index (χ4n) is 3.06. The van der Waals surface area contributed by atoms with Crippen molar-refractivity contribution < 1.29 is 14.6 Å². The highest BCUT2D eigenvalue weighted by molar-refractivity contribution is 5.87. The van der Waals surface area contributed by atoms with Crippen molar-refractivity contribution in [3.63, 3.8) is 0 Å². The zero-order valence-corrected chi connectivity index (χ0v) is 13.0. The van der Waals surface area contributed by atoms with Crippen molar-refractivity contribution in [2.45, 2.75) is 33.1 Å². The van der Waals surface area contributed by atoms with Crippen LogP contribution in [0.5, 0.6) is 5.75 Å². The average Bonchev–Trinajstić information content (AvgIpc) is 2.92. The van der Waals surface area contributed by atoms with E-state index in [4.69, 9.17) is 9.84 Å². The van der Waals surface area contributed by atoms with Crippen molar-refractivity contribution in [1.82, 2.24) is 4.90 Å². The van der Waals surface area contributed by atoms with E-state index in [2.05, 4.69) is 18.7 Å². The van der Waals surface area contributed by atoms with Crippen LogP contribution in [0.25, 0.3) is 0 Å². The molecule has 4 heteroatoms. The van der Waals surface area contributed by atoms with Crippen molar-refractivity contribution in [3.05, 3.63) is 29.8 Å². The quantitative estimate of drug-likeness (QED) is 0.837. The van der Waals surface area contributed by atoms with Crippen molar-refractivity contribution >= 4 is 5.97 Å². The zero-order chi connectivity index (χ0) is 15.3. The van der Waals surface area contributed by atoms with Gasteiger partial charge in [0.1, 0.15) is 12.4 Å². The monoisotopic (exact) mass is 291 g/mol. The third-order valence-corrected chi connectivity index (χ3v) is 4.77. The molecule has 0 saturated carbocycles. The largest absolute Gasteiger partial charge is 0.492 e. The Kier molecular flexibility index (Phi) is 5.23. The van der Waals surface area contributed by atoms with Gasteiger partial charge < -0.3 is 9.84 Å². The van der Waals surface area contributed by atoms with Crippen LogP contribution < -0.4 is 4.74 Å². The molecule has 0 aliphatic carbocycles. The van der Waals surface area contributed by atoms with E-state index in [1.165, 1.54) is 19.3 Å². The topological polar surface area (TPSA) is 49.8 Å². The van der Waals surface area contributed by atoms with E-state index in [0.717, 1.165) is 19.6 Å². The van der Waals surface area contributed by atoms with E-state index >= 15 is 0 Å². The molecule has 116 valence electrons. The van der Waals surface area contributed by atoms with Crippen molar-refractivity contribution in [2.75, 3.05) is 26.2 Å². The Balaban J connectivity index is 1.80. The first kappa shape index (κ1) is 15.8. The van der Waals surface area contributed by atoms with Crippen LogP contribution in [-0.2, 0) is 0 Å². The molecule has 1 aliphatic rings. The second-order valence-electron chi connectivity index (χ2n) is 5.91. The first-order chi connectivity index (χ1) is 10.1. The molecule has 1 N–H and O–H groups in total. The Hall–Kier alpha value is -1.55. The van der Waals surface area contributed by atoms with Gasteiger partial charge in [-0.05, 0) is 49.4 Å². The number of nitrogens with zero attached hydrogens (tertiary/aromatic N) is 1. The van der Waals surface area contributed by atoms with Crippen LogP contribution >= 0.6 is 0 Å². The van der Waals surface area contributed by atoms with Gasteiger partial charge >= 0.3 is 5.97 Å². The summed E-state index contributed by atoms with van der Waals surface area (Å²) in [6.45, 7) is 8.35. The minimum absolute atomic E-state index is 0.268. The van der Waals surface area contributed by atoms with E-state index in [-0.39, 0.29) is 5.56 Å². The summed E-state index contributed by atoms with van der Waals surface area (Å²) in [7, 11) is 0. The molecule has 4 nitrogen and oxygen atoms in total. The molecule has 0 radical (unpaired) electrons. The predicted molar refractivity (Wildman–Crippen MR) is 83.0 cm³/mol. The molecular formula is C17H25NO3. The molecule has 1 aromatic carbocycles. The normalized spacial score (nSPS) is 17.8. The fourth-order valence-corrected chi connectivity index (χ4v) is 3.06. The first-order valence-corrected chi connectivity index (χ1v) is 7.77. The van der Waals surface area contributed by atoms with Crippen molar-refractivity contribution in [2.24, 2.45) is 5.41 Å². The van der Waals surface area contributed by atoms with Crippen LogP contribution in [-0.4, -0.2) is 42.2 Å². The maximum atomic E-state index is 10.9. The van der Waals surface area contributed by atoms with Gasteiger partial charge in [-0.1, -0.05) is 19.9 Å². The lowest BCUT2D eigenvalue weighted by molar-refractivity contribution is 0.0696. The van der Waals surface area contributed by atoms with Crippen LogP contribution in [0.15, 0.2) is 24.3 Å². The highest BCUT2D eigenvalue weighted by atomic mass is 16.5. The Morgan fingerprint density at radius 1 is 1.38 bits per heavy atom. The summed E-state index contributed by atoms with van der Waals surface area (Å²) in [5.74, 6) is -0.290. The van der Waals surface area contributed by atoms with Crippen molar-refractivity contribution in [1.29, 1.82) is 0 Å². The molecule has 0 spiro atoms. The van der Waals surface area contributed by atoms with Gasteiger partial charge in [0.2, 0.25) is 0 Å². The molecule has 0 amide bonds. The van der Waals surface area contributed by atoms with E-state index in [0.29, 0.717) is 17.8 Å². The van der Waals surface area contributed by atoms with Crippen LogP contribution in [0.4, 0.5) is 0 Å². The Morgan fingerprint density at radius 3 is 2.76 bits per heavy atom. The van der Waals surface area contributed by atoms with Crippen LogP contribution in [0.3, 0.4) is 0 Å². The molecule has 0 aromatic heterocycles. The van der Waals surface area contributed by atoms with E-state index < -0.39 is 5.97 Å². The Bertz CT molecular complexity index is 483. The standard InChI is InChI=1S/C17H25NO3/c1-3-17(4-2)8-9-18(13-17)10-11-21-15-7-5-6-14(12-15)16(19)20/h5-7,12H,3-4,8-11,13H2,1-2H3,(H,19,20). The highest BCUT2D eigenvalue weighted by Gasteiger charge is 2.34. The molecule has 1 saturated heterocycles. The summed E-state index contributed by atoms with van der Waals surface area (Å²) in [6.07, 6.45) is 3.75. The third kappa shape index (κ3) is 3.97. The second kappa shape index (κ2) is 6.94. The number of carbonyl (C=O) groups is 1. The number of aromatic carboxylic acids is 1. The molecule has 21 heavy (non-hydrogen) atoms. The number of ether oxygens (including phenoxy) is 1. The molecule has 1 fully saturated rings. The lowest BCUT2D eigenvalue weighted by Crippen LogP contribution is -2.29. The number of hydrogen-bond donors (Lipinski definition) is 1. The van der Waals surface area contributed by atoms with Crippen LogP contribution in [0.1, 0.15) is 43.5 Å². The maximum absolute atomic E-state index is 10.9. The minimum Gasteiger partial charge on any atom is -0.492 e. The maximum Gasteiger partial charge on any atom is 0.335 e. The van der Waals surface area contributed by atoms with E-state index in [1.54, 1.807) is 24.3 Å². The van der Waals surface area contributed by atoms with Crippen LogP contribution in [0.2, 0.25) is 0 Å². The van der Waals surface area contributed by atoms with Gasteiger partial charge in [0.15, 0.2) is 0 Å². The molecule has 0 atom stereocenters. The number of benzene rings is 1. The highest BCUT2D eigenvalue weighted by Crippen LogP contribution is 2.36. The third-order valence-electron chi connectivity index (χ3n) is 4.77. The molecule has 1 aliphatic heterocycles. The van der Waals surface area contributed by atoms with Gasteiger partial charge in [0.25, 0.3) is 0 Å². The summed E-state index contributed by atoms with van der Waals surface area (Å²) in [4.78, 5) is 13.4. The molecule has 2 rings (SSSR count). The van der Waals surface area contributed by atoms with Crippen molar-refractivity contribution in [3.8, 4) is 5.75 Å². The number of carboxylic acids is 1. The second-order valence-corrected chi connectivity index (χ2v) is 5.91.